The van der Waals surface area contributed by atoms with Gasteiger partial charge in [-0.1, -0.05) is 15.9 Å². The van der Waals surface area contributed by atoms with E-state index in [1.807, 2.05) is 6.07 Å². The Hall–Kier alpha value is -1.55. The Morgan fingerprint density at radius 1 is 1.37 bits per heavy atom. The summed E-state index contributed by atoms with van der Waals surface area (Å²) in [4.78, 5) is 11.8. The molecule has 0 aromatic heterocycles. The highest BCUT2D eigenvalue weighted by molar-refractivity contribution is 9.10. The lowest BCUT2D eigenvalue weighted by atomic mass is 10.1. The molecule has 0 atom stereocenters. The number of nitrogens with one attached hydrogen (secondary N) is 1. The minimum atomic E-state index is -4.49. The summed E-state index contributed by atoms with van der Waals surface area (Å²) in [6.45, 7) is 0. The van der Waals surface area contributed by atoms with E-state index >= 15 is 0 Å². The maximum absolute atomic E-state index is 12.6. The second kappa shape index (κ2) is 4.53. The molecule has 0 heterocycles. The van der Waals surface area contributed by atoms with Crippen LogP contribution in [0.3, 0.4) is 0 Å². The van der Waals surface area contributed by atoms with E-state index < -0.39 is 23.1 Å². The molecule has 1 aliphatic rings. The molecular formula is C12H8BrF3N2O. The molecular weight excluding hydrogens is 325 g/mol. The number of nitriles is 1. The van der Waals surface area contributed by atoms with Gasteiger partial charge in [0.1, 0.15) is 5.41 Å². The predicted octanol–water partition coefficient (Wildman–Crippen LogP) is 3.71. The molecule has 1 fully saturated rings. The summed E-state index contributed by atoms with van der Waals surface area (Å²) in [5.74, 6) is -0.554. The number of halogens is 4. The van der Waals surface area contributed by atoms with Gasteiger partial charge in [-0.3, -0.25) is 4.79 Å². The Kier molecular flexibility index (Phi) is 3.31. The van der Waals surface area contributed by atoms with Crippen LogP contribution in [0.5, 0.6) is 0 Å². The van der Waals surface area contributed by atoms with Gasteiger partial charge in [-0.15, -0.1) is 0 Å². The Balaban J connectivity index is 2.25. The molecule has 0 aliphatic heterocycles. The fourth-order valence-electron chi connectivity index (χ4n) is 1.59. The van der Waals surface area contributed by atoms with Crippen LogP contribution in [-0.2, 0) is 11.0 Å². The summed E-state index contributed by atoms with van der Waals surface area (Å²) in [5, 5.41) is 11.2. The van der Waals surface area contributed by atoms with Gasteiger partial charge in [0.25, 0.3) is 0 Å². The standard InChI is InChI=1S/C12H8BrF3N2O/c13-8-3-7(12(14,15)16)4-9(5-8)18-10(19)11(6-17)1-2-11/h3-5H,1-2H2,(H,18,19). The number of carbonyl (C=O) groups is 1. The summed E-state index contributed by atoms with van der Waals surface area (Å²) in [5.41, 5.74) is -1.91. The normalized spacial score (nSPS) is 16.6. The predicted molar refractivity (Wildman–Crippen MR) is 65.1 cm³/mol. The van der Waals surface area contributed by atoms with Crippen LogP contribution in [0.15, 0.2) is 22.7 Å². The van der Waals surface area contributed by atoms with Gasteiger partial charge in [0.15, 0.2) is 0 Å². The number of hydrogen-bond acceptors (Lipinski definition) is 2. The second-order valence-electron chi connectivity index (χ2n) is 4.37. The highest BCUT2D eigenvalue weighted by atomic mass is 79.9. The molecule has 2 rings (SSSR count). The topological polar surface area (TPSA) is 52.9 Å². The van der Waals surface area contributed by atoms with Gasteiger partial charge >= 0.3 is 6.18 Å². The number of anilines is 1. The van der Waals surface area contributed by atoms with Crippen molar-refractivity contribution in [1.82, 2.24) is 0 Å². The Morgan fingerprint density at radius 2 is 2.00 bits per heavy atom. The second-order valence-corrected chi connectivity index (χ2v) is 5.29. The van der Waals surface area contributed by atoms with E-state index in [9.17, 15) is 18.0 Å². The van der Waals surface area contributed by atoms with Crippen LogP contribution in [0.1, 0.15) is 18.4 Å². The summed E-state index contributed by atoms with van der Waals surface area (Å²) >= 11 is 2.96. The van der Waals surface area contributed by atoms with Crippen molar-refractivity contribution in [3.05, 3.63) is 28.2 Å². The number of carbonyl (C=O) groups excluding carboxylic acids is 1. The average Bonchev–Trinajstić information content (AvgIpc) is 3.07. The fraction of sp³-hybridized carbons (Fsp3) is 0.333. The number of amides is 1. The molecule has 1 aromatic carbocycles. The zero-order valence-corrected chi connectivity index (χ0v) is 11.1. The van der Waals surface area contributed by atoms with Crippen molar-refractivity contribution < 1.29 is 18.0 Å². The molecule has 1 N–H and O–H groups in total. The first-order valence-electron chi connectivity index (χ1n) is 5.37. The van der Waals surface area contributed by atoms with Crippen LogP contribution < -0.4 is 5.32 Å². The monoisotopic (exact) mass is 332 g/mol. The maximum Gasteiger partial charge on any atom is 0.416 e. The summed E-state index contributed by atoms with van der Waals surface area (Å²) < 4.78 is 38.0. The van der Waals surface area contributed by atoms with Crippen LogP contribution >= 0.6 is 15.9 Å². The highest BCUT2D eigenvalue weighted by Gasteiger charge is 2.50. The molecule has 3 nitrogen and oxygen atoms in total. The van der Waals surface area contributed by atoms with E-state index in [-0.39, 0.29) is 10.2 Å². The molecule has 1 saturated carbocycles. The highest BCUT2D eigenvalue weighted by Crippen LogP contribution is 2.46. The zero-order valence-electron chi connectivity index (χ0n) is 9.51. The van der Waals surface area contributed by atoms with E-state index in [1.54, 1.807) is 0 Å². The van der Waals surface area contributed by atoms with E-state index in [0.717, 1.165) is 12.1 Å². The molecule has 0 spiro atoms. The van der Waals surface area contributed by atoms with Gasteiger partial charge < -0.3 is 5.32 Å². The maximum atomic E-state index is 12.6. The van der Waals surface area contributed by atoms with E-state index in [4.69, 9.17) is 5.26 Å². The third-order valence-corrected chi connectivity index (χ3v) is 3.34. The zero-order chi connectivity index (χ0) is 14.3. The van der Waals surface area contributed by atoms with E-state index in [0.29, 0.717) is 12.8 Å². The van der Waals surface area contributed by atoms with Crippen molar-refractivity contribution in [1.29, 1.82) is 5.26 Å². The lowest BCUT2D eigenvalue weighted by Gasteiger charge is -2.12. The quantitative estimate of drug-likeness (QED) is 0.897. The molecule has 1 aliphatic carbocycles. The molecule has 0 radical (unpaired) electrons. The largest absolute Gasteiger partial charge is 0.416 e. The van der Waals surface area contributed by atoms with Crippen molar-refractivity contribution in [2.45, 2.75) is 19.0 Å². The SMILES string of the molecule is N#CC1(C(=O)Nc2cc(Br)cc(C(F)(F)F)c2)CC1. The van der Waals surface area contributed by atoms with Crippen LogP contribution in [0, 0.1) is 16.7 Å². The van der Waals surface area contributed by atoms with Crippen molar-refractivity contribution in [3.63, 3.8) is 0 Å². The molecule has 0 bridgehead atoms. The molecule has 1 amide bonds. The Labute approximate surface area is 115 Å². The first-order chi connectivity index (χ1) is 8.77. The van der Waals surface area contributed by atoms with Gasteiger partial charge in [0.05, 0.1) is 11.6 Å². The lowest BCUT2D eigenvalue weighted by molar-refractivity contribution is -0.137. The van der Waals surface area contributed by atoms with Crippen LogP contribution in [0.2, 0.25) is 0 Å². The molecule has 0 saturated heterocycles. The number of rotatable bonds is 2. The van der Waals surface area contributed by atoms with Gasteiger partial charge in [-0.25, -0.2) is 0 Å². The summed E-state index contributed by atoms with van der Waals surface area (Å²) in [6, 6.07) is 5.01. The smallest absolute Gasteiger partial charge is 0.325 e. The number of hydrogen-bond donors (Lipinski definition) is 1. The van der Waals surface area contributed by atoms with Crippen molar-refractivity contribution in [2.24, 2.45) is 5.41 Å². The van der Waals surface area contributed by atoms with Crippen molar-refractivity contribution in [2.75, 3.05) is 5.32 Å². The minimum Gasteiger partial charge on any atom is -0.325 e. The van der Waals surface area contributed by atoms with Crippen LogP contribution in [0.4, 0.5) is 18.9 Å². The molecule has 100 valence electrons. The van der Waals surface area contributed by atoms with Crippen LogP contribution in [-0.4, -0.2) is 5.91 Å². The average molecular weight is 333 g/mol. The fourth-order valence-corrected chi connectivity index (χ4v) is 2.08. The van der Waals surface area contributed by atoms with Gasteiger partial charge in [-0.05, 0) is 31.0 Å². The summed E-state index contributed by atoms with van der Waals surface area (Å²) in [7, 11) is 0. The molecule has 7 heteroatoms. The van der Waals surface area contributed by atoms with E-state index in [2.05, 4.69) is 21.2 Å². The molecule has 1 aromatic rings. The molecule has 19 heavy (non-hydrogen) atoms. The summed E-state index contributed by atoms with van der Waals surface area (Å²) in [6.07, 6.45) is -3.61. The number of alkyl halides is 3. The van der Waals surface area contributed by atoms with Crippen LogP contribution in [0.25, 0.3) is 0 Å². The Bertz CT molecular complexity index is 573. The van der Waals surface area contributed by atoms with Crippen molar-refractivity contribution >= 4 is 27.5 Å². The number of benzene rings is 1. The van der Waals surface area contributed by atoms with Gasteiger partial charge in [0.2, 0.25) is 5.91 Å². The third kappa shape index (κ3) is 2.89. The van der Waals surface area contributed by atoms with E-state index in [1.165, 1.54) is 6.07 Å². The Morgan fingerprint density at radius 3 is 2.47 bits per heavy atom. The third-order valence-electron chi connectivity index (χ3n) is 2.88. The first-order valence-corrected chi connectivity index (χ1v) is 6.17. The minimum absolute atomic E-state index is 0.0215. The lowest BCUT2D eigenvalue weighted by Crippen LogP contribution is -2.23. The number of nitrogens with zero attached hydrogens (tertiary/aromatic N) is 1. The molecule has 0 unspecified atom stereocenters. The van der Waals surface area contributed by atoms with Gasteiger partial charge in [-0.2, -0.15) is 18.4 Å². The van der Waals surface area contributed by atoms with Gasteiger partial charge in [0, 0.05) is 10.2 Å². The van der Waals surface area contributed by atoms with Crippen molar-refractivity contribution in [3.8, 4) is 6.07 Å². The first kappa shape index (κ1) is 13.9.